The Hall–Kier alpha value is -2.81. The number of nitrogens with zero attached hydrogens (tertiary/aromatic N) is 2. The van der Waals surface area contributed by atoms with E-state index in [1.54, 1.807) is 0 Å². The van der Waals surface area contributed by atoms with Crippen molar-refractivity contribution >= 4 is 17.5 Å². The molecule has 0 spiro atoms. The van der Waals surface area contributed by atoms with Gasteiger partial charge in [0.25, 0.3) is 0 Å². The van der Waals surface area contributed by atoms with Crippen molar-refractivity contribution in [3.05, 3.63) is 53.6 Å². The fourth-order valence-electron chi connectivity index (χ4n) is 3.41. The first-order valence-corrected chi connectivity index (χ1v) is 8.92. The number of aryl methyl sites for hydroxylation is 1. The van der Waals surface area contributed by atoms with Gasteiger partial charge in [0.2, 0.25) is 11.8 Å². The third kappa shape index (κ3) is 4.36. The Balaban J connectivity index is 1.51. The van der Waals surface area contributed by atoms with Crippen LogP contribution in [-0.2, 0) is 16.6 Å². The summed E-state index contributed by atoms with van der Waals surface area (Å²) in [5.74, 6) is -5.58. The third-order valence-corrected chi connectivity index (χ3v) is 4.79. The summed E-state index contributed by atoms with van der Waals surface area (Å²) in [5.41, 5.74) is 0.637. The van der Waals surface area contributed by atoms with Gasteiger partial charge < -0.3 is 15.2 Å². The van der Waals surface area contributed by atoms with Crippen LogP contribution < -0.4 is 10.6 Å². The van der Waals surface area contributed by atoms with Gasteiger partial charge in [0.05, 0.1) is 24.8 Å². The van der Waals surface area contributed by atoms with Crippen molar-refractivity contribution in [2.75, 3.05) is 25.0 Å². The maximum absolute atomic E-state index is 13.6. The van der Waals surface area contributed by atoms with Crippen LogP contribution in [0, 0.1) is 17.5 Å². The Morgan fingerprint density at radius 3 is 2.64 bits per heavy atom. The van der Waals surface area contributed by atoms with E-state index < -0.39 is 35.6 Å². The summed E-state index contributed by atoms with van der Waals surface area (Å²) in [5, 5.41) is 4.58. The van der Waals surface area contributed by atoms with E-state index >= 15 is 0 Å². The molecule has 0 saturated carbocycles. The average molecular weight is 394 g/mol. The number of hydrogen-bond donors (Lipinski definition) is 2. The highest BCUT2D eigenvalue weighted by atomic mass is 19.2. The first-order chi connectivity index (χ1) is 13.4. The molecular formula is C19H21F3N4O2. The first kappa shape index (κ1) is 19.9. The quantitative estimate of drug-likeness (QED) is 0.740. The zero-order valence-electron chi connectivity index (χ0n) is 15.3. The number of hydrogen-bond acceptors (Lipinski definition) is 3. The Morgan fingerprint density at radius 2 is 1.93 bits per heavy atom. The van der Waals surface area contributed by atoms with E-state index in [4.69, 9.17) is 0 Å². The number of benzene rings is 1. The van der Waals surface area contributed by atoms with E-state index in [1.807, 2.05) is 34.8 Å². The molecule has 1 fully saturated rings. The Morgan fingerprint density at radius 1 is 1.14 bits per heavy atom. The van der Waals surface area contributed by atoms with Gasteiger partial charge in [-0.3, -0.25) is 14.5 Å². The van der Waals surface area contributed by atoms with Crippen molar-refractivity contribution in [2.24, 2.45) is 7.05 Å². The fraction of sp³-hybridized carbons (Fsp3) is 0.368. The van der Waals surface area contributed by atoms with E-state index in [1.165, 1.54) is 0 Å². The second-order valence-corrected chi connectivity index (χ2v) is 6.72. The molecule has 9 heteroatoms. The summed E-state index contributed by atoms with van der Waals surface area (Å²) in [6, 6.07) is 5.74. The summed E-state index contributed by atoms with van der Waals surface area (Å²) in [4.78, 5) is 26.1. The normalized spacial score (nSPS) is 16.9. The molecule has 6 nitrogen and oxygen atoms in total. The van der Waals surface area contributed by atoms with Crippen molar-refractivity contribution in [3.8, 4) is 0 Å². The molecule has 2 heterocycles. The van der Waals surface area contributed by atoms with Gasteiger partial charge in [-0.15, -0.1) is 0 Å². The van der Waals surface area contributed by atoms with Crippen LogP contribution in [0.3, 0.4) is 0 Å². The standard InChI is InChI=1S/C19H21F3N4O2/c1-25-8-2-4-14(25)15-5-3-9-26(15)11-17(28)23-10-16(27)24-13-7-6-12(20)18(21)19(13)22/h2,4,6-8,15H,3,5,9-11H2,1H3,(H,23,28)(H,24,27)/t15-/m1/s1. The van der Waals surface area contributed by atoms with Crippen molar-refractivity contribution in [1.82, 2.24) is 14.8 Å². The highest BCUT2D eigenvalue weighted by Gasteiger charge is 2.29. The number of carbonyl (C=O) groups excluding carboxylic acids is 2. The molecule has 1 saturated heterocycles. The van der Waals surface area contributed by atoms with Gasteiger partial charge in [-0.1, -0.05) is 0 Å². The number of halogens is 3. The predicted octanol–water partition coefficient (Wildman–Crippen LogP) is 2.33. The SMILES string of the molecule is Cn1cccc1[C@H]1CCCN1CC(=O)NCC(=O)Nc1ccc(F)c(F)c1F. The Kier molecular flexibility index (Phi) is 6.03. The number of rotatable bonds is 6. The van der Waals surface area contributed by atoms with Gasteiger partial charge in [-0.05, 0) is 43.7 Å². The molecule has 1 aromatic carbocycles. The molecule has 1 aliphatic heterocycles. The van der Waals surface area contributed by atoms with E-state index in [-0.39, 0.29) is 18.5 Å². The summed E-state index contributed by atoms with van der Waals surface area (Å²) in [6.07, 6.45) is 3.87. The summed E-state index contributed by atoms with van der Waals surface area (Å²) >= 11 is 0. The summed E-state index contributed by atoms with van der Waals surface area (Å²) in [7, 11) is 1.95. The van der Waals surface area contributed by atoms with Gasteiger partial charge in [0.15, 0.2) is 17.5 Å². The van der Waals surface area contributed by atoms with Crippen molar-refractivity contribution < 1.29 is 22.8 Å². The van der Waals surface area contributed by atoms with Crippen LogP contribution in [0.15, 0.2) is 30.5 Å². The Bertz CT molecular complexity index is 884. The van der Waals surface area contributed by atoms with Crippen LogP contribution in [-0.4, -0.2) is 40.9 Å². The van der Waals surface area contributed by atoms with Gasteiger partial charge >= 0.3 is 0 Å². The van der Waals surface area contributed by atoms with Crippen LogP contribution in [0.25, 0.3) is 0 Å². The fourth-order valence-corrected chi connectivity index (χ4v) is 3.41. The lowest BCUT2D eigenvalue weighted by Crippen LogP contribution is -2.40. The van der Waals surface area contributed by atoms with Crippen molar-refractivity contribution in [2.45, 2.75) is 18.9 Å². The Labute approximate surface area is 160 Å². The van der Waals surface area contributed by atoms with Crippen molar-refractivity contribution in [1.29, 1.82) is 0 Å². The lowest BCUT2D eigenvalue weighted by atomic mass is 10.1. The molecule has 150 valence electrons. The summed E-state index contributed by atoms with van der Waals surface area (Å²) in [6.45, 7) is 0.498. The maximum atomic E-state index is 13.6. The molecule has 0 bridgehead atoms. The minimum absolute atomic E-state index is 0.128. The van der Waals surface area contributed by atoms with E-state index in [9.17, 15) is 22.8 Å². The molecule has 3 rings (SSSR count). The highest BCUT2D eigenvalue weighted by molar-refractivity contribution is 5.94. The number of carbonyl (C=O) groups is 2. The average Bonchev–Trinajstić information content (AvgIpc) is 3.29. The number of amides is 2. The zero-order chi connectivity index (χ0) is 20.3. The topological polar surface area (TPSA) is 66.4 Å². The van der Waals surface area contributed by atoms with E-state index in [0.717, 1.165) is 31.1 Å². The van der Waals surface area contributed by atoms with Crippen LogP contribution in [0.5, 0.6) is 0 Å². The van der Waals surface area contributed by atoms with Crippen LogP contribution in [0.4, 0.5) is 18.9 Å². The summed E-state index contributed by atoms with van der Waals surface area (Å²) < 4.78 is 41.7. The molecule has 0 aliphatic carbocycles. The van der Waals surface area contributed by atoms with Gasteiger partial charge in [-0.2, -0.15) is 0 Å². The van der Waals surface area contributed by atoms with Crippen LogP contribution in [0.2, 0.25) is 0 Å². The van der Waals surface area contributed by atoms with Gasteiger partial charge in [0.1, 0.15) is 0 Å². The third-order valence-electron chi connectivity index (χ3n) is 4.79. The molecule has 2 aromatic rings. The molecule has 2 amide bonds. The van der Waals surface area contributed by atoms with Crippen LogP contribution >= 0.6 is 0 Å². The van der Waals surface area contributed by atoms with Gasteiger partial charge in [0, 0.05) is 18.9 Å². The molecule has 1 atom stereocenters. The first-order valence-electron chi connectivity index (χ1n) is 8.92. The zero-order valence-corrected chi connectivity index (χ0v) is 15.3. The molecular weight excluding hydrogens is 373 g/mol. The maximum Gasteiger partial charge on any atom is 0.243 e. The lowest BCUT2D eigenvalue weighted by molar-refractivity contribution is -0.125. The molecule has 2 N–H and O–H groups in total. The predicted molar refractivity (Wildman–Crippen MR) is 96.9 cm³/mol. The number of likely N-dealkylation sites (tertiary alicyclic amines) is 1. The molecule has 0 unspecified atom stereocenters. The number of aromatic nitrogens is 1. The second-order valence-electron chi connectivity index (χ2n) is 6.72. The van der Waals surface area contributed by atoms with Gasteiger partial charge in [-0.25, -0.2) is 13.2 Å². The molecule has 1 aliphatic rings. The largest absolute Gasteiger partial charge is 0.353 e. The van der Waals surface area contributed by atoms with Crippen molar-refractivity contribution in [3.63, 3.8) is 0 Å². The second kappa shape index (κ2) is 8.47. The van der Waals surface area contributed by atoms with Crippen LogP contribution in [0.1, 0.15) is 24.6 Å². The smallest absolute Gasteiger partial charge is 0.243 e. The minimum atomic E-state index is -1.66. The molecule has 0 radical (unpaired) electrons. The highest BCUT2D eigenvalue weighted by Crippen LogP contribution is 2.31. The molecule has 28 heavy (non-hydrogen) atoms. The minimum Gasteiger partial charge on any atom is -0.353 e. The van der Waals surface area contributed by atoms with E-state index in [2.05, 4.69) is 10.6 Å². The number of nitrogens with one attached hydrogen (secondary N) is 2. The number of anilines is 1. The molecule has 1 aromatic heterocycles. The lowest BCUT2D eigenvalue weighted by Gasteiger charge is -2.24. The monoisotopic (exact) mass is 394 g/mol. The van der Waals surface area contributed by atoms with E-state index in [0.29, 0.717) is 6.07 Å².